The Morgan fingerprint density at radius 1 is 1.18 bits per heavy atom. The number of rotatable bonds is 6. The van der Waals surface area contributed by atoms with Crippen LogP contribution >= 0.6 is 0 Å². The number of pyridine rings is 2. The summed E-state index contributed by atoms with van der Waals surface area (Å²) in [6.07, 6.45) is 2.25. The second kappa shape index (κ2) is 7.76. The number of nitrogens with one attached hydrogen (secondary N) is 1. The van der Waals surface area contributed by atoms with Crippen molar-refractivity contribution in [3.8, 4) is 22.8 Å². The summed E-state index contributed by atoms with van der Waals surface area (Å²) in [7, 11) is 8.91. The minimum atomic E-state index is -0.113. The van der Waals surface area contributed by atoms with Crippen LogP contribution in [0.4, 0.5) is 5.82 Å². The number of ether oxygens (including phenoxy) is 2. The van der Waals surface area contributed by atoms with Crippen LogP contribution in [0, 0.1) is 0 Å². The molecule has 1 N–H and O–H groups in total. The first-order valence-corrected chi connectivity index (χ1v) is 8.88. The van der Waals surface area contributed by atoms with Gasteiger partial charge in [-0.25, -0.2) is 4.98 Å². The standard InChI is InChI=1S/C20H19BN4O3/c1-26-17-6-5-12(8-18(17)27-2)15-10-16-14(4-3-7-22-16)20(24-15)23-11-13-9-19(21)25-28-13/h3-8,10,13H,9,11H2,1-2H3,(H,23,24). The van der Waals surface area contributed by atoms with Gasteiger partial charge in [0.25, 0.3) is 0 Å². The van der Waals surface area contributed by atoms with Gasteiger partial charge in [-0.1, -0.05) is 0 Å². The van der Waals surface area contributed by atoms with Gasteiger partial charge in [0.2, 0.25) is 0 Å². The van der Waals surface area contributed by atoms with E-state index in [1.165, 1.54) is 0 Å². The lowest BCUT2D eigenvalue weighted by Crippen LogP contribution is -2.20. The third kappa shape index (κ3) is 3.58. The van der Waals surface area contributed by atoms with Gasteiger partial charge >= 0.3 is 0 Å². The lowest BCUT2D eigenvalue weighted by atomic mass is 9.96. The van der Waals surface area contributed by atoms with Crippen molar-refractivity contribution in [1.29, 1.82) is 0 Å². The van der Waals surface area contributed by atoms with E-state index < -0.39 is 0 Å². The monoisotopic (exact) mass is 374 g/mol. The van der Waals surface area contributed by atoms with E-state index in [0.717, 1.165) is 28.0 Å². The molecule has 0 aliphatic carbocycles. The van der Waals surface area contributed by atoms with E-state index in [2.05, 4.69) is 15.5 Å². The number of methoxy groups -OCH3 is 2. The quantitative estimate of drug-likeness (QED) is 0.669. The maximum atomic E-state index is 5.69. The third-order valence-corrected chi connectivity index (χ3v) is 4.53. The molecule has 0 amide bonds. The van der Waals surface area contributed by atoms with Crippen molar-refractivity contribution in [3.05, 3.63) is 42.6 Å². The number of oxime groups is 1. The molecule has 0 saturated carbocycles. The molecule has 1 atom stereocenters. The molecule has 7 nitrogen and oxygen atoms in total. The summed E-state index contributed by atoms with van der Waals surface area (Å²) in [4.78, 5) is 14.6. The summed E-state index contributed by atoms with van der Waals surface area (Å²) >= 11 is 0. The molecule has 4 rings (SSSR count). The molecular weight excluding hydrogens is 355 g/mol. The number of hydrogen-bond acceptors (Lipinski definition) is 7. The molecule has 0 saturated heterocycles. The minimum Gasteiger partial charge on any atom is -0.493 e. The second-order valence-corrected chi connectivity index (χ2v) is 6.39. The Bertz CT molecular complexity index is 1040. The van der Waals surface area contributed by atoms with Gasteiger partial charge < -0.3 is 19.6 Å². The molecular formula is C20H19BN4O3. The highest BCUT2D eigenvalue weighted by atomic mass is 16.6. The predicted octanol–water partition coefficient (Wildman–Crippen LogP) is 3.00. The van der Waals surface area contributed by atoms with Crippen LogP contribution in [0.2, 0.25) is 0 Å². The molecule has 140 valence electrons. The summed E-state index contributed by atoms with van der Waals surface area (Å²) in [5.41, 5.74) is 3.02. The SMILES string of the molecule is [B]C1=NOC(CNc2nc(-c3ccc(OC)c(OC)c3)cc3ncccc23)C1. The molecule has 1 aromatic carbocycles. The summed E-state index contributed by atoms with van der Waals surface area (Å²) in [6.45, 7) is 0.538. The molecule has 0 spiro atoms. The Hall–Kier alpha value is -3.29. The van der Waals surface area contributed by atoms with Crippen molar-refractivity contribution in [2.75, 3.05) is 26.1 Å². The van der Waals surface area contributed by atoms with Gasteiger partial charge in [0.15, 0.2) is 11.5 Å². The van der Waals surface area contributed by atoms with Gasteiger partial charge in [-0.3, -0.25) is 4.98 Å². The lowest BCUT2D eigenvalue weighted by Gasteiger charge is -2.14. The molecule has 3 heterocycles. The third-order valence-electron chi connectivity index (χ3n) is 4.53. The summed E-state index contributed by atoms with van der Waals surface area (Å²) in [5, 5.41) is 8.07. The van der Waals surface area contributed by atoms with E-state index in [1.54, 1.807) is 20.4 Å². The average Bonchev–Trinajstić information content (AvgIpc) is 3.16. The molecule has 2 radical (unpaired) electrons. The number of benzene rings is 1. The average molecular weight is 374 g/mol. The first kappa shape index (κ1) is 18.1. The topological polar surface area (TPSA) is 77.9 Å². The summed E-state index contributed by atoms with van der Waals surface area (Å²) in [5.74, 6) is 2.04. The highest BCUT2D eigenvalue weighted by Gasteiger charge is 2.18. The van der Waals surface area contributed by atoms with E-state index in [4.69, 9.17) is 27.1 Å². The maximum absolute atomic E-state index is 5.69. The number of anilines is 1. The Morgan fingerprint density at radius 2 is 2.04 bits per heavy atom. The van der Waals surface area contributed by atoms with Crippen LogP contribution in [0.1, 0.15) is 6.42 Å². The predicted molar refractivity (Wildman–Crippen MR) is 109 cm³/mol. The fraction of sp³-hybridized carbons (Fsp3) is 0.250. The van der Waals surface area contributed by atoms with Crippen molar-refractivity contribution in [1.82, 2.24) is 9.97 Å². The van der Waals surface area contributed by atoms with E-state index in [-0.39, 0.29) is 6.10 Å². The molecule has 0 fully saturated rings. The number of fused-ring (bicyclic) bond motifs is 1. The highest BCUT2D eigenvalue weighted by Crippen LogP contribution is 2.33. The van der Waals surface area contributed by atoms with Gasteiger partial charge in [0, 0.05) is 29.2 Å². The zero-order chi connectivity index (χ0) is 19.5. The fourth-order valence-electron chi connectivity index (χ4n) is 3.12. The normalized spacial score (nSPS) is 15.8. The van der Waals surface area contributed by atoms with Gasteiger partial charge in [0.1, 0.15) is 19.8 Å². The first-order chi connectivity index (χ1) is 13.7. The zero-order valence-electron chi connectivity index (χ0n) is 15.7. The number of nitrogens with zero attached hydrogens (tertiary/aromatic N) is 3. The van der Waals surface area contributed by atoms with Gasteiger partial charge in [-0.2, -0.15) is 0 Å². The summed E-state index contributed by atoms with van der Waals surface area (Å²) in [6, 6.07) is 11.5. The molecule has 1 aliphatic heterocycles. The molecule has 1 unspecified atom stereocenters. The van der Waals surface area contributed by atoms with Gasteiger partial charge in [-0.05, 0) is 36.4 Å². The molecule has 1 aliphatic rings. The fourth-order valence-corrected chi connectivity index (χ4v) is 3.12. The van der Waals surface area contributed by atoms with Crippen molar-refractivity contribution in [3.63, 3.8) is 0 Å². The molecule has 0 bridgehead atoms. The van der Waals surface area contributed by atoms with Crippen molar-refractivity contribution in [2.45, 2.75) is 12.5 Å². The number of hydrogen-bond donors (Lipinski definition) is 1. The Kier molecular flexibility index (Phi) is 5.01. The Labute approximate surface area is 164 Å². The van der Waals surface area contributed by atoms with Crippen LogP contribution in [-0.4, -0.2) is 50.3 Å². The van der Waals surface area contributed by atoms with Crippen LogP contribution in [0.5, 0.6) is 11.5 Å². The van der Waals surface area contributed by atoms with Crippen LogP contribution in [-0.2, 0) is 4.84 Å². The van der Waals surface area contributed by atoms with Crippen LogP contribution < -0.4 is 14.8 Å². The highest BCUT2D eigenvalue weighted by molar-refractivity contribution is 6.59. The first-order valence-electron chi connectivity index (χ1n) is 8.88. The Morgan fingerprint density at radius 3 is 2.79 bits per heavy atom. The smallest absolute Gasteiger partial charge is 0.161 e. The van der Waals surface area contributed by atoms with Crippen molar-refractivity contribution in [2.24, 2.45) is 5.16 Å². The van der Waals surface area contributed by atoms with Gasteiger partial charge in [-0.15, -0.1) is 5.16 Å². The largest absolute Gasteiger partial charge is 0.493 e. The number of aromatic nitrogens is 2. The lowest BCUT2D eigenvalue weighted by molar-refractivity contribution is 0.0949. The summed E-state index contributed by atoms with van der Waals surface area (Å²) < 4.78 is 10.7. The van der Waals surface area contributed by atoms with Crippen molar-refractivity contribution < 1.29 is 14.3 Å². The zero-order valence-corrected chi connectivity index (χ0v) is 15.7. The van der Waals surface area contributed by atoms with Crippen LogP contribution in [0.3, 0.4) is 0 Å². The second-order valence-electron chi connectivity index (χ2n) is 6.39. The Balaban J connectivity index is 1.69. The molecule has 3 aromatic rings. The molecule has 2 aromatic heterocycles. The van der Waals surface area contributed by atoms with E-state index in [9.17, 15) is 0 Å². The maximum Gasteiger partial charge on any atom is 0.161 e. The molecule has 28 heavy (non-hydrogen) atoms. The van der Waals surface area contributed by atoms with E-state index in [1.807, 2.05) is 36.4 Å². The van der Waals surface area contributed by atoms with E-state index >= 15 is 0 Å². The minimum absolute atomic E-state index is 0.113. The van der Waals surface area contributed by atoms with Gasteiger partial charge in [0.05, 0.1) is 32.0 Å². The van der Waals surface area contributed by atoms with Crippen LogP contribution in [0.15, 0.2) is 47.8 Å². The van der Waals surface area contributed by atoms with E-state index in [0.29, 0.717) is 30.1 Å². The van der Waals surface area contributed by atoms with Crippen LogP contribution in [0.25, 0.3) is 22.2 Å². The molecule has 8 heteroatoms. The van der Waals surface area contributed by atoms with Crippen molar-refractivity contribution >= 4 is 30.2 Å².